The van der Waals surface area contributed by atoms with Gasteiger partial charge in [-0.2, -0.15) is 8.42 Å². The number of hydrogen-bond donors (Lipinski definition) is 1. The van der Waals surface area contributed by atoms with Crippen molar-refractivity contribution in [2.45, 2.75) is 51.5 Å². The van der Waals surface area contributed by atoms with Gasteiger partial charge in [-0.25, -0.2) is 0 Å². The minimum absolute atomic E-state index is 0.0415. The number of rotatable bonds is 7. The maximum atomic E-state index is 14.1. The average Bonchev–Trinajstić information content (AvgIpc) is 3.26. The van der Waals surface area contributed by atoms with Crippen LogP contribution in [0.3, 0.4) is 0 Å². The number of aryl methyl sites for hydroxylation is 1. The zero-order valence-corrected chi connectivity index (χ0v) is 22.3. The fourth-order valence-corrected chi connectivity index (χ4v) is 5.98. The van der Waals surface area contributed by atoms with Crippen molar-refractivity contribution in [3.63, 3.8) is 0 Å². The molecule has 8 heteroatoms. The van der Waals surface area contributed by atoms with Crippen LogP contribution in [0.25, 0.3) is 44.0 Å². The lowest BCUT2D eigenvalue weighted by atomic mass is 9.90. The largest absolute Gasteiger partial charge is 0.488 e. The van der Waals surface area contributed by atoms with Gasteiger partial charge in [-0.3, -0.25) is 4.79 Å². The summed E-state index contributed by atoms with van der Waals surface area (Å²) in [5.74, 6) is 2.56. The van der Waals surface area contributed by atoms with Gasteiger partial charge in [-0.1, -0.05) is 41.3 Å². The zero-order chi connectivity index (χ0) is 27.3. The van der Waals surface area contributed by atoms with E-state index in [1.807, 2.05) is 36.4 Å². The van der Waals surface area contributed by atoms with Crippen molar-refractivity contribution >= 4 is 43.3 Å². The summed E-state index contributed by atoms with van der Waals surface area (Å²) in [5, 5.41) is 2.15. The van der Waals surface area contributed by atoms with Gasteiger partial charge in [0, 0.05) is 27.9 Å². The Morgan fingerprint density at radius 3 is 2.64 bits per heavy atom. The van der Waals surface area contributed by atoms with Crippen molar-refractivity contribution in [1.82, 2.24) is 9.55 Å². The molecule has 5 aromatic rings. The van der Waals surface area contributed by atoms with Crippen LogP contribution >= 0.6 is 0 Å². The molecular formula is C31H27FN2O4S. The molecule has 2 heterocycles. The third-order valence-electron chi connectivity index (χ3n) is 7.72. The molecule has 6 nitrogen and oxygen atoms in total. The first kappa shape index (κ1) is 25.2. The Labute approximate surface area is 225 Å². The molecule has 6 rings (SSSR count). The fraction of sp³-hybridized carbons (Fsp3) is 0.258. The van der Waals surface area contributed by atoms with Gasteiger partial charge in [-0.05, 0) is 85.2 Å². The van der Waals surface area contributed by atoms with E-state index in [-0.39, 0.29) is 17.2 Å². The van der Waals surface area contributed by atoms with Crippen LogP contribution in [0, 0.1) is 12.3 Å². The number of hydrogen-bond acceptors (Lipinski definition) is 4. The second kappa shape index (κ2) is 9.58. The van der Waals surface area contributed by atoms with Gasteiger partial charge < -0.3 is 13.7 Å². The van der Waals surface area contributed by atoms with Crippen LogP contribution in [0.5, 0.6) is 5.75 Å². The summed E-state index contributed by atoms with van der Waals surface area (Å²) >= 11 is 0. The van der Waals surface area contributed by atoms with E-state index in [4.69, 9.17) is 6.42 Å². The number of aromatic amines is 1. The maximum absolute atomic E-state index is 14.1. The minimum Gasteiger partial charge on any atom is -0.358 e. The molecule has 1 aliphatic rings. The average molecular weight is 543 g/mol. The highest BCUT2D eigenvalue weighted by Crippen LogP contribution is 2.40. The number of nitrogens with zero attached hydrogens (tertiary/aromatic N) is 1. The van der Waals surface area contributed by atoms with Gasteiger partial charge in [-0.15, -0.1) is 6.42 Å². The molecule has 1 N–H and O–H groups in total. The van der Waals surface area contributed by atoms with Crippen molar-refractivity contribution < 1.29 is 16.5 Å². The van der Waals surface area contributed by atoms with Crippen molar-refractivity contribution in [3.05, 3.63) is 75.9 Å². The Bertz CT molecular complexity index is 1980. The Balaban J connectivity index is 1.68. The molecule has 0 amide bonds. The SMILES string of the molecule is C#Cc1ccc2c(c1)[nH]c1c2c(=O)c2cc(CCCC)c(-c3cccc(OS(=O)(=O)F)c3)cc2n1C1CCC1. The zero-order valence-electron chi connectivity index (χ0n) is 21.5. The van der Waals surface area contributed by atoms with E-state index in [0.717, 1.165) is 77.3 Å². The number of nitrogens with one attached hydrogen (secondary N) is 1. The minimum atomic E-state index is -5.16. The number of H-pyrrole nitrogens is 1. The van der Waals surface area contributed by atoms with E-state index in [2.05, 4.69) is 26.6 Å². The van der Waals surface area contributed by atoms with Gasteiger partial charge in [0.1, 0.15) is 11.4 Å². The van der Waals surface area contributed by atoms with Crippen LogP contribution in [0.15, 0.2) is 59.4 Å². The van der Waals surface area contributed by atoms with E-state index >= 15 is 0 Å². The third kappa shape index (κ3) is 4.47. The van der Waals surface area contributed by atoms with Crippen LogP contribution in [-0.4, -0.2) is 18.0 Å². The molecule has 0 saturated heterocycles. The Morgan fingerprint density at radius 1 is 1.13 bits per heavy atom. The van der Waals surface area contributed by atoms with Crippen molar-refractivity contribution in [2.24, 2.45) is 0 Å². The highest BCUT2D eigenvalue weighted by atomic mass is 32.3. The van der Waals surface area contributed by atoms with E-state index < -0.39 is 10.5 Å². The highest BCUT2D eigenvalue weighted by molar-refractivity contribution is 7.81. The van der Waals surface area contributed by atoms with Crippen LogP contribution in [0.4, 0.5) is 3.89 Å². The second-order valence-corrected chi connectivity index (χ2v) is 11.1. The Morgan fingerprint density at radius 2 is 1.95 bits per heavy atom. The van der Waals surface area contributed by atoms with Gasteiger partial charge in [0.2, 0.25) is 0 Å². The molecule has 1 fully saturated rings. The molecule has 2 aromatic heterocycles. The number of pyridine rings is 1. The molecule has 3 aromatic carbocycles. The number of terminal acetylenes is 1. The van der Waals surface area contributed by atoms with E-state index in [9.17, 15) is 17.1 Å². The monoisotopic (exact) mass is 542 g/mol. The topological polar surface area (TPSA) is 81.2 Å². The molecule has 1 aliphatic carbocycles. The van der Waals surface area contributed by atoms with E-state index in [1.165, 1.54) is 12.1 Å². The number of benzene rings is 3. The Kier molecular flexibility index (Phi) is 6.19. The standard InChI is InChI=1S/C31H27FN2O4S/c1-3-5-8-21-17-26-28(18-25(21)20-9-6-12-23(16-20)38-39(32,36)37)34(22-10-7-11-22)31-29(30(26)35)24-14-13-19(4-2)15-27(24)33-31/h2,6,9,12-18,22,33H,3,5,7-8,10-11H2,1H3. The summed E-state index contributed by atoms with van der Waals surface area (Å²) in [4.78, 5) is 17.6. The summed E-state index contributed by atoms with van der Waals surface area (Å²) in [5.41, 5.74) is 5.61. The predicted molar refractivity (Wildman–Crippen MR) is 153 cm³/mol. The van der Waals surface area contributed by atoms with Gasteiger partial charge in [0.25, 0.3) is 0 Å². The summed E-state index contributed by atoms with van der Waals surface area (Å²) in [7, 11) is -5.16. The molecule has 0 radical (unpaired) electrons. The second-order valence-electron chi connectivity index (χ2n) is 10.2. The molecule has 0 spiro atoms. The lowest BCUT2D eigenvalue weighted by molar-refractivity contribution is 0.327. The fourth-order valence-electron chi connectivity index (χ4n) is 5.65. The van der Waals surface area contributed by atoms with Crippen molar-refractivity contribution in [2.75, 3.05) is 0 Å². The predicted octanol–water partition coefficient (Wildman–Crippen LogP) is 6.95. The summed E-state index contributed by atoms with van der Waals surface area (Å²) in [6.45, 7) is 2.10. The lowest BCUT2D eigenvalue weighted by Crippen LogP contribution is -2.21. The van der Waals surface area contributed by atoms with Gasteiger partial charge in [0.15, 0.2) is 5.43 Å². The maximum Gasteiger partial charge on any atom is 0.488 e. The lowest BCUT2D eigenvalue weighted by Gasteiger charge is -2.31. The highest BCUT2D eigenvalue weighted by Gasteiger charge is 2.26. The summed E-state index contributed by atoms with van der Waals surface area (Å²) < 4.78 is 42.3. The Hall–Kier alpha value is -4.09. The normalized spacial score (nSPS) is 14.1. The first-order chi connectivity index (χ1) is 18.8. The first-order valence-corrected chi connectivity index (χ1v) is 14.5. The molecule has 0 atom stereocenters. The number of aromatic nitrogens is 2. The molecule has 1 saturated carbocycles. The summed E-state index contributed by atoms with van der Waals surface area (Å²) in [6.07, 6.45) is 11.4. The first-order valence-electron chi connectivity index (χ1n) is 13.1. The van der Waals surface area contributed by atoms with Crippen LogP contribution in [-0.2, 0) is 16.9 Å². The van der Waals surface area contributed by atoms with Crippen LogP contribution < -0.4 is 9.61 Å². The van der Waals surface area contributed by atoms with Crippen LogP contribution in [0.2, 0.25) is 0 Å². The molecular weight excluding hydrogens is 515 g/mol. The molecule has 0 aliphatic heterocycles. The van der Waals surface area contributed by atoms with Gasteiger partial charge >= 0.3 is 10.5 Å². The number of halogens is 1. The smallest absolute Gasteiger partial charge is 0.358 e. The summed E-state index contributed by atoms with van der Waals surface area (Å²) in [6, 6.07) is 16.3. The van der Waals surface area contributed by atoms with Crippen molar-refractivity contribution in [3.8, 4) is 29.2 Å². The number of unbranched alkanes of at least 4 members (excludes halogenated alkanes) is 1. The van der Waals surface area contributed by atoms with Gasteiger partial charge in [0.05, 0.1) is 10.9 Å². The van der Waals surface area contributed by atoms with E-state index in [0.29, 0.717) is 16.3 Å². The molecule has 0 bridgehead atoms. The third-order valence-corrected chi connectivity index (χ3v) is 8.11. The van der Waals surface area contributed by atoms with E-state index in [1.54, 1.807) is 6.07 Å². The quantitative estimate of drug-likeness (QED) is 0.178. The molecule has 198 valence electrons. The van der Waals surface area contributed by atoms with Crippen molar-refractivity contribution in [1.29, 1.82) is 0 Å². The molecule has 39 heavy (non-hydrogen) atoms. The molecule has 0 unspecified atom stereocenters. The number of fused-ring (bicyclic) bond motifs is 4. The van der Waals surface area contributed by atoms with Crippen LogP contribution in [0.1, 0.15) is 56.2 Å².